The first-order chi connectivity index (χ1) is 16.6. The largest absolute Gasteiger partial charge is 0.467 e. The van der Waals surface area contributed by atoms with E-state index in [1.54, 1.807) is 0 Å². The molecule has 3 rings (SSSR count). The number of esters is 2. The molecule has 1 heterocycles. The predicted molar refractivity (Wildman–Crippen MR) is 122 cm³/mol. The molecule has 0 aliphatic heterocycles. The summed E-state index contributed by atoms with van der Waals surface area (Å²) in [5.74, 6) is -0.974. The van der Waals surface area contributed by atoms with Gasteiger partial charge in [0.05, 0.1) is 14.2 Å². The molecule has 2 aromatic carbocycles. The average molecular weight is 466 g/mol. The molecule has 0 aliphatic carbocycles. The zero-order chi connectivity index (χ0) is 24.2. The number of benzene rings is 2. The molecule has 0 saturated carbocycles. The van der Waals surface area contributed by atoms with Crippen molar-refractivity contribution in [1.29, 1.82) is 0 Å². The van der Waals surface area contributed by atoms with E-state index in [0.717, 1.165) is 11.1 Å². The third-order valence-electron chi connectivity index (χ3n) is 4.65. The Bertz CT molecular complexity index is 1040. The van der Waals surface area contributed by atoms with Crippen molar-refractivity contribution in [2.45, 2.75) is 32.1 Å². The highest BCUT2D eigenvalue weighted by molar-refractivity contribution is 5.80. The number of hydrogen-bond donors (Lipinski definition) is 1. The van der Waals surface area contributed by atoms with Gasteiger partial charge in [-0.15, -0.1) is 4.98 Å². The molecule has 10 heteroatoms. The van der Waals surface area contributed by atoms with E-state index in [2.05, 4.69) is 20.3 Å². The van der Waals surface area contributed by atoms with Gasteiger partial charge in [-0.05, 0) is 17.5 Å². The molecule has 1 N–H and O–H groups in total. The van der Waals surface area contributed by atoms with Crippen LogP contribution in [0.3, 0.4) is 0 Å². The highest BCUT2D eigenvalue weighted by atomic mass is 16.5. The Kier molecular flexibility index (Phi) is 9.15. The number of nitrogens with one attached hydrogen (secondary N) is 1. The summed E-state index contributed by atoms with van der Waals surface area (Å²) >= 11 is 0. The maximum Gasteiger partial charge on any atom is 0.328 e. The maximum absolute atomic E-state index is 12.9. The summed E-state index contributed by atoms with van der Waals surface area (Å²) in [6.45, 7) is 0.234. The van der Waals surface area contributed by atoms with Crippen LogP contribution in [-0.4, -0.2) is 47.2 Å². The second-order valence-electron chi connectivity index (χ2n) is 7.11. The number of hydrogen-bond acceptors (Lipinski definition) is 10. The fourth-order valence-electron chi connectivity index (χ4n) is 2.89. The lowest BCUT2D eigenvalue weighted by atomic mass is 10.1. The van der Waals surface area contributed by atoms with Gasteiger partial charge >= 0.3 is 24.0 Å². The van der Waals surface area contributed by atoms with Crippen molar-refractivity contribution in [3.63, 3.8) is 0 Å². The Labute approximate surface area is 197 Å². The number of carbonyl (C=O) groups excluding carboxylic acids is 2. The summed E-state index contributed by atoms with van der Waals surface area (Å²) in [6, 6.07) is 17.7. The van der Waals surface area contributed by atoms with E-state index in [4.69, 9.17) is 18.9 Å². The Morgan fingerprint density at radius 3 is 1.85 bits per heavy atom. The van der Waals surface area contributed by atoms with Gasteiger partial charge in [0.1, 0.15) is 19.3 Å². The van der Waals surface area contributed by atoms with Gasteiger partial charge in [0.25, 0.3) is 0 Å². The van der Waals surface area contributed by atoms with Crippen molar-refractivity contribution >= 4 is 17.9 Å². The summed E-state index contributed by atoms with van der Waals surface area (Å²) in [7, 11) is 2.79. The molecule has 10 nitrogen and oxygen atoms in total. The quantitative estimate of drug-likeness (QED) is 0.399. The monoisotopic (exact) mass is 466 g/mol. The van der Waals surface area contributed by atoms with Crippen LogP contribution in [0.1, 0.15) is 24.0 Å². The van der Waals surface area contributed by atoms with Crippen LogP contribution in [0.2, 0.25) is 0 Å². The van der Waals surface area contributed by atoms with E-state index in [1.165, 1.54) is 14.2 Å². The Morgan fingerprint density at radius 1 is 0.794 bits per heavy atom. The SMILES string of the molecule is COc1nc(N[C@H](CCC(=O)OCc2ccccc2)C(=O)OCc2ccccc2)nc(OC)n1. The predicted octanol–water partition coefficient (Wildman–Crippen LogP) is 2.94. The number of rotatable bonds is 12. The molecule has 0 unspecified atom stereocenters. The minimum Gasteiger partial charge on any atom is -0.467 e. The molecule has 0 aliphatic rings. The molecule has 34 heavy (non-hydrogen) atoms. The minimum absolute atomic E-state index is 0.00743. The van der Waals surface area contributed by atoms with Crippen molar-refractivity contribution in [3.8, 4) is 12.0 Å². The Balaban J connectivity index is 1.65. The summed E-state index contributed by atoms with van der Waals surface area (Å²) < 4.78 is 20.8. The third-order valence-corrected chi connectivity index (χ3v) is 4.65. The third kappa shape index (κ3) is 7.73. The van der Waals surface area contributed by atoms with Gasteiger partial charge in [0.15, 0.2) is 0 Å². The average Bonchev–Trinajstić information content (AvgIpc) is 2.89. The van der Waals surface area contributed by atoms with Gasteiger partial charge in [0, 0.05) is 6.42 Å². The molecular formula is C24H26N4O6. The molecule has 0 saturated heterocycles. The normalized spacial score (nSPS) is 11.2. The smallest absolute Gasteiger partial charge is 0.328 e. The van der Waals surface area contributed by atoms with Gasteiger partial charge in [-0.1, -0.05) is 60.7 Å². The zero-order valence-corrected chi connectivity index (χ0v) is 19.0. The maximum atomic E-state index is 12.9. The van der Waals surface area contributed by atoms with Gasteiger partial charge in [-0.2, -0.15) is 9.97 Å². The molecule has 178 valence electrons. The van der Waals surface area contributed by atoms with E-state index in [-0.39, 0.29) is 44.0 Å². The van der Waals surface area contributed by atoms with Crippen LogP contribution in [0.4, 0.5) is 5.95 Å². The van der Waals surface area contributed by atoms with Crippen molar-refractivity contribution in [1.82, 2.24) is 15.0 Å². The number of carbonyl (C=O) groups is 2. The Hall–Kier alpha value is -4.21. The highest BCUT2D eigenvalue weighted by Crippen LogP contribution is 2.16. The van der Waals surface area contributed by atoms with Crippen LogP contribution < -0.4 is 14.8 Å². The van der Waals surface area contributed by atoms with Crippen LogP contribution in [0, 0.1) is 0 Å². The summed E-state index contributed by atoms with van der Waals surface area (Å²) in [5.41, 5.74) is 1.71. The standard InChI is InChI=1S/C24H26N4O6/c1-31-23-26-22(27-24(28-23)32-2)25-19(21(30)34-16-18-11-7-4-8-12-18)13-14-20(29)33-15-17-9-5-3-6-10-17/h3-12,19H,13-16H2,1-2H3,(H,25,26,27,28)/t19-/m1/s1. The van der Waals surface area contributed by atoms with Crippen molar-refractivity contribution in [2.24, 2.45) is 0 Å². The summed E-state index contributed by atoms with van der Waals surface area (Å²) in [6.07, 6.45) is 0.0713. The second kappa shape index (κ2) is 12.7. The number of methoxy groups -OCH3 is 2. The first-order valence-corrected chi connectivity index (χ1v) is 10.6. The first-order valence-electron chi connectivity index (χ1n) is 10.6. The molecule has 0 spiro atoms. The lowest BCUT2D eigenvalue weighted by Gasteiger charge is -2.18. The lowest BCUT2D eigenvalue weighted by Crippen LogP contribution is -2.33. The van der Waals surface area contributed by atoms with Gasteiger partial charge in [0.2, 0.25) is 5.95 Å². The fourth-order valence-corrected chi connectivity index (χ4v) is 2.89. The second-order valence-corrected chi connectivity index (χ2v) is 7.11. The number of ether oxygens (including phenoxy) is 4. The molecular weight excluding hydrogens is 440 g/mol. The molecule has 1 aromatic heterocycles. The van der Waals surface area contributed by atoms with Gasteiger partial charge in [-0.3, -0.25) is 4.79 Å². The molecule has 0 bridgehead atoms. The molecule has 0 fully saturated rings. The van der Waals surface area contributed by atoms with Crippen molar-refractivity contribution < 1.29 is 28.5 Å². The van der Waals surface area contributed by atoms with Crippen molar-refractivity contribution in [3.05, 3.63) is 71.8 Å². The number of aromatic nitrogens is 3. The molecule has 0 amide bonds. The molecule has 0 radical (unpaired) electrons. The van der Waals surface area contributed by atoms with Crippen LogP contribution in [-0.2, 0) is 32.3 Å². The molecule has 1 atom stereocenters. The topological polar surface area (TPSA) is 122 Å². The summed E-state index contributed by atoms with van der Waals surface area (Å²) in [5, 5.41) is 2.89. The van der Waals surface area contributed by atoms with Gasteiger partial charge in [-0.25, -0.2) is 4.79 Å². The zero-order valence-electron chi connectivity index (χ0n) is 19.0. The van der Waals surface area contributed by atoms with Crippen LogP contribution in [0.25, 0.3) is 0 Å². The van der Waals surface area contributed by atoms with Gasteiger partial charge < -0.3 is 24.3 Å². The molecule has 3 aromatic rings. The first kappa shape index (κ1) is 24.4. The van der Waals surface area contributed by atoms with Crippen LogP contribution >= 0.6 is 0 Å². The van der Waals surface area contributed by atoms with E-state index < -0.39 is 18.0 Å². The van der Waals surface area contributed by atoms with E-state index in [1.807, 2.05) is 60.7 Å². The minimum atomic E-state index is -0.926. The number of nitrogens with zero attached hydrogens (tertiary/aromatic N) is 3. The summed E-state index contributed by atoms with van der Waals surface area (Å²) in [4.78, 5) is 37.2. The fraction of sp³-hybridized carbons (Fsp3) is 0.292. The number of anilines is 1. The van der Waals surface area contributed by atoms with E-state index in [0.29, 0.717) is 0 Å². The van der Waals surface area contributed by atoms with Crippen LogP contribution in [0.15, 0.2) is 60.7 Å². The van der Waals surface area contributed by atoms with E-state index >= 15 is 0 Å². The Morgan fingerprint density at radius 2 is 1.32 bits per heavy atom. The highest BCUT2D eigenvalue weighted by Gasteiger charge is 2.24. The van der Waals surface area contributed by atoms with Crippen molar-refractivity contribution in [2.75, 3.05) is 19.5 Å². The van der Waals surface area contributed by atoms with Crippen LogP contribution in [0.5, 0.6) is 12.0 Å². The van der Waals surface area contributed by atoms with E-state index in [9.17, 15) is 9.59 Å². The lowest BCUT2D eigenvalue weighted by molar-refractivity contribution is -0.147.